The lowest BCUT2D eigenvalue weighted by Gasteiger charge is -1.99. The van der Waals surface area contributed by atoms with Crippen molar-refractivity contribution in [2.45, 2.75) is 6.18 Å². The molecule has 1 aromatic rings. The lowest BCUT2D eigenvalue weighted by molar-refractivity contribution is -0.143. The number of nitrogen functional groups attached to an aromatic ring is 1. The van der Waals surface area contributed by atoms with Gasteiger partial charge in [-0.1, -0.05) is 0 Å². The third-order valence-corrected chi connectivity index (χ3v) is 1.30. The van der Waals surface area contributed by atoms with E-state index in [1.807, 2.05) is 0 Å². The van der Waals surface area contributed by atoms with E-state index in [9.17, 15) is 17.6 Å². The highest BCUT2D eigenvalue weighted by Gasteiger charge is 2.39. The molecule has 68 valence electrons. The monoisotopic (exact) mass is 183 g/mol. The maximum Gasteiger partial charge on any atom is 0.438 e. The molecule has 0 amide bonds. The average molecular weight is 183 g/mol. The quantitative estimate of drug-likeness (QED) is 0.613. The van der Waals surface area contributed by atoms with E-state index in [0.717, 1.165) is 7.05 Å². The minimum atomic E-state index is -4.79. The van der Waals surface area contributed by atoms with E-state index in [4.69, 9.17) is 5.73 Å². The van der Waals surface area contributed by atoms with Crippen molar-refractivity contribution < 1.29 is 17.6 Å². The molecule has 1 heterocycles. The molecule has 0 unspecified atom stereocenters. The van der Waals surface area contributed by atoms with Gasteiger partial charge in [-0.2, -0.15) is 18.3 Å². The molecule has 7 heteroatoms. The lowest BCUT2D eigenvalue weighted by Crippen LogP contribution is -2.08. The number of rotatable bonds is 0. The summed E-state index contributed by atoms with van der Waals surface area (Å²) in [5.41, 5.74) is 3.34. The molecule has 0 radical (unpaired) electrons. The molecule has 0 aromatic carbocycles. The van der Waals surface area contributed by atoms with E-state index >= 15 is 0 Å². The van der Waals surface area contributed by atoms with E-state index in [2.05, 4.69) is 5.10 Å². The number of aryl methyl sites for hydroxylation is 1. The second-order valence-corrected chi connectivity index (χ2v) is 2.17. The van der Waals surface area contributed by atoms with Gasteiger partial charge in [-0.25, -0.2) is 9.07 Å². The van der Waals surface area contributed by atoms with Crippen LogP contribution in [0.3, 0.4) is 0 Å². The van der Waals surface area contributed by atoms with Crippen LogP contribution in [0.25, 0.3) is 0 Å². The Morgan fingerprint density at radius 1 is 1.42 bits per heavy atom. The predicted molar refractivity (Wildman–Crippen MR) is 32.6 cm³/mol. The van der Waals surface area contributed by atoms with Crippen LogP contribution in [0, 0.1) is 5.82 Å². The van der Waals surface area contributed by atoms with Crippen molar-refractivity contribution in [1.82, 2.24) is 9.78 Å². The zero-order valence-electron chi connectivity index (χ0n) is 5.98. The number of nitrogens with two attached hydrogens (primary N) is 1. The smallest absolute Gasteiger partial charge is 0.381 e. The summed E-state index contributed by atoms with van der Waals surface area (Å²) in [5.74, 6) is -2.15. The van der Waals surface area contributed by atoms with Crippen LogP contribution in [0.5, 0.6) is 0 Å². The van der Waals surface area contributed by atoms with Gasteiger partial charge in [0.15, 0.2) is 11.6 Å². The molecular formula is C5H5F4N3. The van der Waals surface area contributed by atoms with Crippen LogP contribution in [0.2, 0.25) is 0 Å². The highest BCUT2D eigenvalue weighted by atomic mass is 19.4. The number of nitrogens with zero attached hydrogens (tertiary/aromatic N) is 2. The summed E-state index contributed by atoms with van der Waals surface area (Å²) >= 11 is 0. The molecule has 0 aliphatic carbocycles. The van der Waals surface area contributed by atoms with Crippen LogP contribution in [-0.2, 0) is 13.2 Å². The number of anilines is 1. The summed E-state index contributed by atoms with van der Waals surface area (Å²) in [7, 11) is 1.13. The van der Waals surface area contributed by atoms with E-state index < -0.39 is 23.5 Å². The van der Waals surface area contributed by atoms with Crippen LogP contribution in [0.1, 0.15) is 5.69 Å². The van der Waals surface area contributed by atoms with Crippen LogP contribution in [0.4, 0.5) is 23.4 Å². The van der Waals surface area contributed by atoms with Gasteiger partial charge < -0.3 is 5.73 Å². The summed E-state index contributed by atoms with van der Waals surface area (Å²) in [4.78, 5) is 0. The first kappa shape index (κ1) is 8.82. The largest absolute Gasteiger partial charge is 0.438 e. The predicted octanol–water partition coefficient (Wildman–Crippen LogP) is 1.16. The van der Waals surface area contributed by atoms with Crippen LogP contribution >= 0.6 is 0 Å². The number of hydrogen-bond acceptors (Lipinski definition) is 2. The fourth-order valence-corrected chi connectivity index (χ4v) is 0.692. The summed E-state index contributed by atoms with van der Waals surface area (Å²) < 4.78 is 48.8. The SMILES string of the molecule is Cn1nc(C(F)(F)F)c(F)c1N. The van der Waals surface area contributed by atoms with Crippen LogP contribution in [0.15, 0.2) is 0 Å². The molecule has 0 spiro atoms. The van der Waals surface area contributed by atoms with Crippen molar-refractivity contribution >= 4 is 5.82 Å². The van der Waals surface area contributed by atoms with Crippen molar-refractivity contribution in [3.05, 3.63) is 11.5 Å². The van der Waals surface area contributed by atoms with E-state index in [1.54, 1.807) is 0 Å². The summed E-state index contributed by atoms with van der Waals surface area (Å²) in [6.45, 7) is 0. The molecule has 0 atom stereocenters. The molecular weight excluding hydrogens is 178 g/mol. The van der Waals surface area contributed by atoms with Crippen LogP contribution < -0.4 is 5.73 Å². The first-order valence-corrected chi connectivity index (χ1v) is 2.89. The van der Waals surface area contributed by atoms with Crippen molar-refractivity contribution in [2.75, 3.05) is 5.73 Å². The highest BCUT2D eigenvalue weighted by molar-refractivity contribution is 5.34. The molecule has 0 aliphatic heterocycles. The van der Waals surface area contributed by atoms with Gasteiger partial charge in [0.25, 0.3) is 0 Å². The first-order chi connectivity index (χ1) is 5.34. The number of aromatic nitrogens is 2. The molecule has 0 aliphatic rings. The maximum absolute atomic E-state index is 12.6. The Morgan fingerprint density at radius 3 is 2.08 bits per heavy atom. The summed E-state index contributed by atoms with van der Waals surface area (Å²) in [5, 5.41) is 2.87. The zero-order chi connectivity index (χ0) is 9.52. The first-order valence-electron chi connectivity index (χ1n) is 2.89. The van der Waals surface area contributed by atoms with Crippen molar-refractivity contribution in [1.29, 1.82) is 0 Å². The molecule has 2 N–H and O–H groups in total. The van der Waals surface area contributed by atoms with Crippen molar-refractivity contribution in [3.63, 3.8) is 0 Å². The molecule has 0 saturated carbocycles. The van der Waals surface area contributed by atoms with E-state index in [1.165, 1.54) is 0 Å². The number of halogens is 4. The maximum atomic E-state index is 12.6. The molecule has 0 fully saturated rings. The van der Waals surface area contributed by atoms with Crippen molar-refractivity contribution in [2.24, 2.45) is 7.05 Å². The molecule has 3 nitrogen and oxygen atoms in total. The molecule has 12 heavy (non-hydrogen) atoms. The Labute approximate surface area is 64.8 Å². The van der Waals surface area contributed by atoms with Gasteiger partial charge in [-0.3, -0.25) is 0 Å². The second kappa shape index (κ2) is 2.36. The molecule has 0 saturated heterocycles. The van der Waals surface area contributed by atoms with Gasteiger partial charge in [0, 0.05) is 7.05 Å². The Kier molecular flexibility index (Phi) is 1.73. The molecule has 0 bridgehead atoms. The highest BCUT2D eigenvalue weighted by Crippen LogP contribution is 2.31. The molecule has 1 aromatic heterocycles. The van der Waals surface area contributed by atoms with Gasteiger partial charge in [-0.05, 0) is 0 Å². The summed E-state index contributed by atoms with van der Waals surface area (Å²) in [6, 6.07) is 0. The van der Waals surface area contributed by atoms with E-state index in [-0.39, 0.29) is 0 Å². The third-order valence-electron chi connectivity index (χ3n) is 1.30. The fourth-order valence-electron chi connectivity index (χ4n) is 0.692. The lowest BCUT2D eigenvalue weighted by atomic mass is 10.4. The van der Waals surface area contributed by atoms with Gasteiger partial charge >= 0.3 is 6.18 Å². The second-order valence-electron chi connectivity index (χ2n) is 2.17. The topological polar surface area (TPSA) is 43.8 Å². The normalized spacial score (nSPS) is 12.1. The minimum absolute atomic E-state index is 0.623. The minimum Gasteiger partial charge on any atom is -0.381 e. The average Bonchev–Trinajstić information content (AvgIpc) is 2.15. The van der Waals surface area contributed by atoms with E-state index in [0.29, 0.717) is 4.68 Å². The van der Waals surface area contributed by atoms with Crippen LogP contribution in [-0.4, -0.2) is 9.78 Å². The van der Waals surface area contributed by atoms with Gasteiger partial charge in [0.1, 0.15) is 0 Å². The number of alkyl halides is 3. The van der Waals surface area contributed by atoms with Gasteiger partial charge in [0.2, 0.25) is 5.69 Å². The summed E-state index contributed by atoms with van der Waals surface area (Å²) in [6.07, 6.45) is -4.79. The Morgan fingerprint density at radius 2 is 1.92 bits per heavy atom. The Bertz CT molecular complexity index is 300. The Hall–Kier alpha value is -1.27. The standard InChI is InChI=1S/C5H5F4N3/c1-12-4(10)2(6)3(11-12)5(7,8)9/h10H2,1H3. The zero-order valence-corrected chi connectivity index (χ0v) is 5.98. The third kappa shape index (κ3) is 1.21. The Balaban J connectivity index is 3.28. The number of hydrogen-bond donors (Lipinski definition) is 1. The fraction of sp³-hybridized carbons (Fsp3) is 0.400. The van der Waals surface area contributed by atoms with Gasteiger partial charge in [0.05, 0.1) is 0 Å². The molecule has 1 rings (SSSR count). The van der Waals surface area contributed by atoms with Crippen molar-refractivity contribution in [3.8, 4) is 0 Å². The van der Waals surface area contributed by atoms with Gasteiger partial charge in [-0.15, -0.1) is 0 Å².